The van der Waals surface area contributed by atoms with Gasteiger partial charge in [0, 0.05) is 18.9 Å². The van der Waals surface area contributed by atoms with Crippen LogP contribution in [0.3, 0.4) is 0 Å². The molecule has 2 heterocycles. The second kappa shape index (κ2) is 8.89. The van der Waals surface area contributed by atoms with Crippen LogP contribution in [0, 0.1) is 0 Å². The van der Waals surface area contributed by atoms with Crippen molar-refractivity contribution in [3.8, 4) is 0 Å². The number of nitrogens with zero attached hydrogens (tertiary/aromatic N) is 2. The second-order valence-electron chi connectivity index (χ2n) is 6.00. The Hall–Kier alpha value is -1.79. The van der Waals surface area contributed by atoms with Gasteiger partial charge in [0.25, 0.3) is 0 Å². The first-order valence-corrected chi connectivity index (χ1v) is 9.60. The largest absolute Gasteiger partial charge is 0.353 e. The van der Waals surface area contributed by atoms with Gasteiger partial charge in [-0.25, -0.2) is 4.98 Å². The predicted molar refractivity (Wildman–Crippen MR) is 97.7 cm³/mol. The third-order valence-corrected chi connectivity index (χ3v) is 5.23. The van der Waals surface area contributed by atoms with Gasteiger partial charge in [0.1, 0.15) is 5.82 Å². The average Bonchev–Trinajstić information content (AvgIpc) is 3.30. The molecule has 5 nitrogen and oxygen atoms in total. The number of H-pyrrole nitrogens is 1. The molecule has 0 bridgehead atoms. The Labute approximate surface area is 147 Å². The highest BCUT2D eigenvalue weighted by molar-refractivity contribution is 7.99. The Morgan fingerprint density at radius 3 is 2.79 bits per heavy atom. The maximum Gasteiger partial charge on any atom is 0.230 e. The first-order valence-electron chi connectivity index (χ1n) is 8.44. The van der Waals surface area contributed by atoms with E-state index >= 15 is 0 Å². The van der Waals surface area contributed by atoms with Crippen molar-refractivity contribution >= 4 is 17.7 Å². The molecule has 24 heavy (non-hydrogen) atoms. The minimum Gasteiger partial charge on any atom is -0.353 e. The molecule has 0 radical (unpaired) electrons. The summed E-state index contributed by atoms with van der Waals surface area (Å²) in [6.07, 6.45) is 6.03. The second-order valence-corrected chi connectivity index (χ2v) is 6.99. The Morgan fingerprint density at radius 1 is 1.29 bits per heavy atom. The van der Waals surface area contributed by atoms with E-state index in [4.69, 9.17) is 0 Å². The fourth-order valence-corrected chi connectivity index (χ4v) is 3.81. The van der Waals surface area contributed by atoms with E-state index in [9.17, 15) is 4.79 Å². The van der Waals surface area contributed by atoms with Crippen LogP contribution in [0.5, 0.6) is 0 Å². The van der Waals surface area contributed by atoms with Crippen molar-refractivity contribution in [2.45, 2.75) is 24.6 Å². The van der Waals surface area contributed by atoms with E-state index in [1.165, 1.54) is 18.4 Å². The number of aromatic nitrogens is 2. The van der Waals surface area contributed by atoms with Gasteiger partial charge in [0.2, 0.25) is 5.91 Å². The molecular formula is C18H24N4OS. The first kappa shape index (κ1) is 17.0. The standard InChI is InChI=1S/C18H24N4OS/c23-18(14-24-13-17-19-8-9-20-17)21-12-16(22-10-4-5-11-22)15-6-2-1-3-7-15/h1-3,6-9,16H,4-5,10-14H2,(H,19,20)(H,21,23). The number of carbonyl (C=O) groups is 1. The lowest BCUT2D eigenvalue weighted by atomic mass is 10.1. The highest BCUT2D eigenvalue weighted by atomic mass is 32.2. The highest BCUT2D eigenvalue weighted by Gasteiger charge is 2.23. The first-order chi connectivity index (χ1) is 11.8. The van der Waals surface area contributed by atoms with Gasteiger partial charge >= 0.3 is 0 Å². The lowest BCUT2D eigenvalue weighted by Gasteiger charge is -2.28. The Bertz CT molecular complexity index is 611. The summed E-state index contributed by atoms with van der Waals surface area (Å²) in [5, 5.41) is 3.11. The zero-order valence-corrected chi connectivity index (χ0v) is 14.6. The van der Waals surface area contributed by atoms with E-state index in [0.29, 0.717) is 12.3 Å². The third kappa shape index (κ3) is 4.85. The smallest absolute Gasteiger partial charge is 0.230 e. The van der Waals surface area contributed by atoms with Crippen molar-refractivity contribution < 1.29 is 4.79 Å². The van der Waals surface area contributed by atoms with E-state index in [0.717, 1.165) is 24.7 Å². The summed E-state index contributed by atoms with van der Waals surface area (Å²) >= 11 is 1.58. The molecule has 2 N–H and O–H groups in total. The van der Waals surface area contributed by atoms with Gasteiger partial charge in [-0.3, -0.25) is 9.69 Å². The van der Waals surface area contributed by atoms with E-state index < -0.39 is 0 Å². The summed E-state index contributed by atoms with van der Waals surface area (Å²) in [4.78, 5) is 21.8. The topological polar surface area (TPSA) is 61.0 Å². The van der Waals surface area contributed by atoms with Crippen molar-refractivity contribution in [2.24, 2.45) is 0 Å². The number of thioether (sulfide) groups is 1. The molecular weight excluding hydrogens is 320 g/mol. The zero-order valence-electron chi connectivity index (χ0n) is 13.8. The van der Waals surface area contributed by atoms with Gasteiger partial charge in [-0.15, -0.1) is 11.8 Å². The minimum absolute atomic E-state index is 0.0895. The number of amides is 1. The van der Waals surface area contributed by atoms with E-state index in [1.54, 1.807) is 24.2 Å². The van der Waals surface area contributed by atoms with Crippen LogP contribution in [-0.2, 0) is 10.5 Å². The van der Waals surface area contributed by atoms with Crippen LogP contribution in [0.15, 0.2) is 42.7 Å². The lowest BCUT2D eigenvalue weighted by Crippen LogP contribution is -2.37. The normalized spacial score (nSPS) is 16.2. The van der Waals surface area contributed by atoms with Crippen LogP contribution in [0.1, 0.15) is 30.3 Å². The van der Waals surface area contributed by atoms with Crippen LogP contribution in [-0.4, -0.2) is 46.2 Å². The summed E-state index contributed by atoms with van der Waals surface area (Å²) < 4.78 is 0. The quantitative estimate of drug-likeness (QED) is 0.773. The number of nitrogens with one attached hydrogen (secondary N) is 2. The summed E-state index contributed by atoms with van der Waals surface area (Å²) in [7, 11) is 0. The number of aromatic amines is 1. The maximum absolute atomic E-state index is 12.1. The molecule has 3 rings (SSSR count). The molecule has 1 fully saturated rings. The molecule has 1 unspecified atom stereocenters. The summed E-state index contributed by atoms with van der Waals surface area (Å²) in [5.74, 6) is 2.19. The van der Waals surface area contributed by atoms with Crippen LogP contribution >= 0.6 is 11.8 Å². The van der Waals surface area contributed by atoms with Gasteiger partial charge < -0.3 is 10.3 Å². The molecule has 1 saturated heterocycles. The molecule has 1 amide bonds. The molecule has 128 valence electrons. The zero-order chi connectivity index (χ0) is 16.6. The summed E-state index contributed by atoms with van der Waals surface area (Å²) in [5.41, 5.74) is 1.28. The van der Waals surface area contributed by atoms with Gasteiger partial charge in [0.15, 0.2) is 0 Å². The molecule has 0 saturated carbocycles. The minimum atomic E-state index is 0.0895. The van der Waals surface area contributed by atoms with Gasteiger partial charge in [-0.1, -0.05) is 30.3 Å². The summed E-state index contributed by atoms with van der Waals surface area (Å²) in [6, 6.07) is 10.8. The monoisotopic (exact) mass is 344 g/mol. The molecule has 1 aliphatic heterocycles. The van der Waals surface area contributed by atoms with Gasteiger partial charge in [-0.05, 0) is 31.5 Å². The highest BCUT2D eigenvalue weighted by Crippen LogP contribution is 2.24. The van der Waals surface area contributed by atoms with Crippen LogP contribution in [0.25, 0.3) is 0 Å². The van der Waals surface area contributed by atoms with Crippen molar-refractivity contribution in [3.63, 3.8) is 0 Å². The number of likely N-dealkylation sites (tertiary alicyclic amines) is 1. The molecule has 0 spiro atoms. The van der Waals surface area contributed by atoms with Gasteiger partial charge in [-0.2, -0.15) is 0 Å². The van der Waals surface area contributed by atoms with Crippen molar-refractivity contribution in [1.82, 2.24) is 20.2 Å². The molecule has 1 aliphatic rings. The molecule has 6 heteroatoms. The Balaban J connectivity index is 1.48. The molecule has 1 aromatic heterocycles. The van der Waals surface area contributed by atoms with Crippen molar-refractivity contribution in [1.29, 1.82) is 0 Å². The van der Waals surface area contributed by atoms with E-state index in [-0.39, 0.29) is 11.9 Å². The fraction of sp³-hybridized carbons (Fsp3) is 0.444. The Kier molecular flexibility index (Phi) is 6.32. The number of hydrogen-bond acceptors (Lipinski definition) is 4. The molecule has 1 aromatic carbocycles. The number of hydrogen-bond donors (Lipinski definition) is 2. The van der Waals surface area contributed by atoms with Crippen molar-refractivity contribution in [2.75, 3.05) is 25.4 Å². The number of carbonyl (C=O) groups excluding carboxylic acids is 1. The van der Waals surface area contributed by atoms with Crippen molar-refractivity contribution in [3.05, 3.63) is 54.1 Å². The van der Waals surface area contributed by atoms with Gasteiger partial charge in [0.05, 0.1) is 17.5 Å². The SMILES string of the molecule is O=C(CSCc1ncc[nH]1)NCC(c1ccccc1)N1CCCC1. The summed E-state index contributed by atoms with van der Waals surface area (Å²) in [6.45, 7) is 2.90. The van der Waals surface area contributed by atoms with Crippen LogP contribution < -0.4 is 5.32 Å². The third-order valence-electron chi connectivity index (χ3n) is 4.29. The predicted octanol–water partition coefficient (Wildman–Crippen LogP) is 2.60. The molecule has 0 aliphatic carbocycles. The number of benzene rings is 1. The van der Waals surface area contributed by atoms with Crippen LogP contribution in [0.2, 0.25) is 0 Å². The van der Waals surface area contributed by atoms with E-state index in [2.05, 4.69) is 44.5 Å². The molecule has 1 atom stereocenters. The van der Waals surface area contributed by atoms with Crippen LogP contribution in [0.4, 0.5) is 0 Å². The Morgan fingerprint density at radius 2 is 2.08 bits per heavy atom. The lowest BCUT2D eigenvalue weighted by molar-refractivity contribution is -0.118. The maximum atomic E-state index is 12.1. The fourth-order valence-electron chi connectivity index (χ4n) is 3.07. The number of rotatable bonds is 8. The molecule has 2 aromatic rings. The van der Waals surface area contributed by atoms with E-state index in [1.807, 2.05) is 6.07 Å². The average molecular weight is 344 g/mol. The number of imidazole rings is 1.